The fraction of sp³-hybridized carbons (Fsp3) is 0.481. The monoisotopic (exact) mass is 509 g/mol. The standard InChI is InChI=1S/C27H35N3O5Si/c1-17-25(36(3,4)20-8-6-19(34-2)7-9-20)23(11-14-31)35-27(17)21-15-18(5-10-22(21)29-26(27)33)30-13-12-28-16-24(30)32/h5-10,15,17,23,25,28,31H,11-14,16H2,1-4H3,(H,29,33)/t17-,23+,25-,27+/m0/s1. The Labute approximate surface area is 213 Å². The Balaban J connectivity index is 1.57. The number of aliphatic hydroxyl groups is 1. The van der Waals surface area contributed by atoms with E-state index in [2.05, 4.69) is 42.8 Å². The van der Waals surface area contributed by atoms with Gasteiger partial charge in [-0.2, -0.15) is 0 Å². The lowest BCUT2D eigenvalue weighted by molar-refractivity contribution is -0.143. The lowest BCUT2D eigenvalue weighted by Gasteiger charge is -2.37. The van der Waals surface area contributed by atoms with Crippen molar-refractivity contribution in [1.29, 1.82) is 0 Å². The van der Waals surface area contributed by atoms with Crippen LogP contribution in [0.5, 0.6) is 5.75 Å². The van der Waals surface area contributed by atoms with Gasteiger partial charge in [-0.3, -0.25) is 9.59 Å². The summed E-state index contributed by atoms with van der Waals surface area (Å²) in [6.07, 6.45) is 0.192. The topological polar surface area (TPSA) is 100 Å². The minimum atomic E-state index is -2.19. The summed E-state index contributed by atoms with van der Waals surface area (Å²) < 4.78 is 12.1. The molecular formula is C27H35N3O5Si. The number of nitrogens with one attached hydrogen (secondary N) is 2. The second-order valence-electron chi connectivity index (χ2n) is 10.6. The highest BCUT2D eigenvalue weighted by molar-refractivity contribution is 6.91. The fourth-order valence-corrected chi connectivity index (χ4v) is 10.6. The molecule has 0 aromatic heterocycles. The van der Waals surface area contributed by atoms with E-state index in [-0.39, 0.29) is 36.0 Å². The lowest BCUT2D eigenvalue weighted by Crippen LogP contribution is -2.51. The van der Waals surface area contributed by atoms with Crippen LogP contribution in [0.15, 0.2) is 42.5 Å². The van der Waals surface area contributed by atoms with Crippen LogP contribution in [-0.4, -0.2) is 64.4 Å². The summed E-state index contributed by atoms with van der Waals surface area (Å²) in [6.45, 7) is 8.32. The van der Waals surface area contributed by atoms with Crippen molar-refractivity contribution in [2.45, 2.75) is 43.7 Å². The molecule has 2 aromatic carbocycles. The Morgan fingerprint density at radius 1 is 1.19 bits per heavy atom. The largest absolute Gasteiger partial charge is 0.497 e. The first-order valence-corrected chi connectivity index (χ1v) is 15.7. The number of anilines is 2. The van der Waals surface area contributed by atoms with Gasteiger partial charge in [0.25, 0.3) is 5.91 Å². The quantitative estimate of drug-likeness (QED) is 0.516. The maximum Gasteiger partial charge on any atom is 0.261 e. The normalized spacial score (nSPS) is 27.9. The molecule has 3 aliphatic rings. The molecule has 2 aromatic rings. The Kier molecular flexibility index (Phi) is 6.44. The van der Waals surface area contributed by atoms with Crippen molar-refractivity contribution in [2.24, 2.45) is 5.92 Å². The van der Waals surface area contributed by atoms with E-state index in [1.165, 1.54) is 5.19 Å². The highest BCUT2D eigenvalue weighted by Gasteiger charge is 2.64. The number of methoxy groups -OCH3 is 1. The van der Waals surface area contributed by atoms with Gasteiger partial charge in [0.1, 0.15) is 5.75 Å². The van der Waals surface area contributed by atoms with Crippen molar-refractivity contribution >= 4 is 36.4 Å². The van der Waals surface area contributed by atoms with Gasteiger partial charge in [-0.05, 0) is 42.3 Å². The molecule has 0 bridgehead atoms. The molecule has 0 unspecified atom stereocenters. The predicted octanol–water partition coefficient (Wildman–Crippen LogP) is 2.18. The summed E-state index contributed by atoms with van der Waals surface area (Å²) in [5.41, 5.74) is 1.21. The number of amides is 2. The molecule has 8 nitrogen and oxygen atoms in total. The van der Waals surface area contributed by atoms with Gasteiger partial charge in [-0.1, -0.05) is 37.3 Å². The Morgan fingerprint density at radius 3 is 2.61 bits per heavy atom. The average Bonchev–Trinajstić information content (AvgIpc) is 3.33. The molecule has 0 radical (unpaired) electrons. The van der Waals surface area contributed by atoms with E-state index in [9.17, 15) is 14.7 Å². The van der Waals surface area contributed by atoms with Gasteiger partial charge < -0.3 is 30.1 Å². The van der Waals surface area contributed by atoms with E-state index in [1.807, 2.05) is 30.3 Å². The summed E-state index contributed by atoms with van der Waals surface area (Å²) in [5.74, 6) is 0.519. The van der Waals surface area contributed by atoms with Crippen molar-refractivity contribution in [3.05, 3.63) is 48.0 Å². The molecule has 2 saturated heterocycles. The van der Waals surface area contributed by atoms with Crippen molar-refractivity contribution in [3.8, 4) is 5.75 Å². The third-order valence-corrected chi connectivity index (χ3v) is 12.7. The summed E-state index contributed by atoms with van der Waals surface area (Å²) in [5, 5.41) is 17.3. The van der Waals surface area contributed by atoms with Crippen LogP contribution in [0, 0.1) is 5.92 Å². The first kappa shape index (κ1) is 24.9. The first-order chi connectivity index (χ1) is 17.2. The maximum absolute atomic E-state index is 13.7. The smallest absolute Gasteiger partial charge is 0.261 e. The van der Waals surface area contributed by atoms with Crippen LogP contribution in [0.3, 0.4) is 0 Å². The number of carbonyl (C=O) groups is 2. The second-order valence-corrected chi connectivity index (χ2v) is 15.3. The summed E-state index contributed by atoms with van der Waals surface area (Å²) in [4.78, 5) is 28.0. The maximum atomic E-state index is 13.7. The molecule has 0 saturated carbocycles. The molecule has 5 rings (SSSR count). The van der Waals surface area contributed by atoms with Gasteiger partial charge >= 0.3 is 0 Å². The van der Waals surface area contributed by atoms with Crippen LogP contribution in [-0.2, 0) is 19.9 Å². The molecular weight excluding hydrogens is 474 g/mol. The van der Waals surface area contributed by atoms with Gasteiger partial charge in [0.15, 0.2) is 5.60 Å². The fourth-order valence-electron chi connectivity index (χ4n) is 6.57. The number of hydrogen-bond donors (Lipinski definition) is 3. The SMILES string of the molecule is COc1ccc([Si](C)(C)[C@@H]2[C@@H](CCO)O[C@]3(C(=O)Nc4ccc(N5CCNCC5=O)cc43)[C@H]2C)cc1. The van der Waals surface area contributed by atoms with Gasteiger partial charge in [-0.25, -0.2) is 0 Å². The first-order valence-electron chi connectivity index (χ1n) is 12.6. The number of hydrogen-bond acceptors (Lipinski definition) is 6. The summed E-state index contributed by atoms with van der Waals surface area (Å²) in [6, 6.07) is 13.9. The van der Waals surface area contributed by atoms with E-state index in [0.717, 1.165) is 29.2 Å². The minimum Gasteiger partial charge on any atom is -0.497 e. The molecule has 3 heterocycles. The van der Waals surface area contributed by atoms with Crippen LogP contribution in [0.25, 0.3) is 0 Å². The lowest BCUT2D eigenvalue weighted by atomic mass is 9.82. The number of fused-ring (bicyclic) bond motifs is 2. The van der Waals surface area contributed by atoms with Crippen LogP contribution in [0.4, 0.5) is 11.4 Å². The Bertz CT molecular complexity index is 1170. The van der Waals surface area contributed by atoms with E-state index in [0.29, 0.717) is 19.5 Å². The minimum absolute atomic E-state index is 0.0111. The number of aliphatic hydroxyl groups excluding tert-OH is 1. The predicted molar refractivity (Wildman–Crippen MR) is 142 cm³/mol. The average molecular weight is 510 g/mol. The number of benzene rings is 2. The zero-order valence-corrected chi connectivity index (χ0v) is 22.3. The van der Waals surface area contributed by atoms with Crippen molar-refractivity contribution < 1.29 is 24.2 Å². The Hall–Kier alpha value is -2.72. The van der Waals surface area contributed by atoms with Crippen molar-refractivity contribution in [1.82, 2.24) is 5.32 Å². The number of piperazine rings is 1. The third-order valence-electron chi connectivity index (χ3n) is 8.39. The zero-order valence-electron chi connectivity index (χ0n) is 21.3. The van der Waals surface area contributed by atoms with E-state index in [1.54, 1.807) is 12.0 Å². The third kappa shape index (κ3) is 3.76. The molecule has 2 amide bonds. The van der Waals surface area contributed by atoms with Gasteiger partial charge in [0, 0.05) is 42.6 Å². The van der Waals surface area contributed by atoms with Crippen LogP contribution in [0.2, 0.25) is 18.6 Å². The second kappa shape index (κ2) is 9.30. The van der Waals surface area contributed by atoms with E-state index in [4.69, 9.17) is 9.47 Å². The molecule has 0 aliphatic carbocycles. The molecule has 192 valence electrons. The van der Waals surface area contributed by atoms with E-state index < -0.39 is 13.7 Å². The Morgan fingerprint density at radius 2 is 1.94 bits per heavy atom. The van der Waals surface area contributed by atoms with Gasteiger partial charge in [0.05, 0.1) is 27.8 Å². The molecule has 3 aliphatic heterocycles. The van der Waals surface area contributed by atoms with Crippen molar-refractivity contribution in [3.63, 3.8) is 0 Å². The van der Waals surface area contributed by atoms with E-state index >= 15 is 0 Å². The molecule has 3 N–H and O–H groups in total. The summed E-state index contributed by atoms with van der Waals surface area (Å²) in [7, 11) is -0.535. The molecule has 4 atom stereocenters. The number of carbonyl (C=O) groups excluding carboxylic acids is 2. The molecule has 1 spiro atoms. The molecule has 9 heteroatoms. The van der Waals surface area contributed by atoms with Gasteiger partial charge in [0.2, 0.25) is 5.91 Å². The molecule has 2 fully saturated rings. The number of ether oxygens (including phenoxy) is 2. The summed E-state index contributed by atoms with van der Waals surface area (Å²) >= 11 is 0. The van der Waals surface area contributed by atoms with Crippen LogP contribution < -0.4 is 25.5 Å². The van der Waals surface area contributed by atoms with Crippen molar-refractivity contribution in [2.75, 3.05) is 43.6 Å². The molecule has 36 heavy (non-hydrogen) atoms. The highest BCUT2D eigenvalue weighted by Crippen LogP contribution is 2.58. The number of rotatable bonds is 6. The van der Waals surface area contributed by atoms with Crippen LogP contribution >= 0.6 is 0 Å². The van der Waals surface area contributed by atoms with Gasteiger partial charge in [-0.15, -0.1) is 0 Å². The van der Waals surface area contributed by atoms with Crippen LogP contribution in [0.1, 0.15) is 18.9 Å². The zero-order chi connectivity index (χ0) is 25.7. The highest BCUT2D eigenvalue weighted by atomic mass is 28.3. The number of nitrogens with zero attached hydrogens (tertiary/aromatic N) is 1.